The molecule has 0 fully saturated rings. The van der Waals surface area contributed by atoms with Crippen molar-refractivity contribution in [1.82, 2.24) is 8.75 Å². The van der Waals surface area contributed by atoms with Gasteiger partial charge in [-0.1, -0.05) is 186 Å². The number of hydrogen-bond acceptors (Lipinski definition) is 7. The SMILES string of the molecule is CCCCCCC1(CCCCCC)c2sc(-c3ccc(/C=C(\C)C(=O)O)cc3)cc2-c2cc(-c3ccc(-c4ccc(N(c5ccc(-c6ccc(C)cc6C)cc5)c5ccc(-c6ccc(C)cc6C)cc5)cc4)c4nsnc34)sc21. The first kappa shape index (κ1) is 53.8. The topological polar surface area (TPSA) is 66.3 Å². The van der Waals surface area contributed by atoms with Gasteiger partial charge in [0.1, 0.15) is 11.0 Å². The summed E-state index contributed by atoms with van der Waals surface area (Å²) in [5.74, 6) is -0.895. The van der Waals surface area contributed by atoms with Crippen LogP contribution < -0.4 is 4.90 Å². The fraction of sp³-hybridized carbons (Fsp3) is 0.254. The zero-order valence-corrected chi connectivity index (χ0v) is 49.0. The third-order valence-electron chi connectivity index (χ3n) is 16.2. The number of carboxylic acid groups (broad SMARTS) is 1. The summed E-state index contributed by atoms with van der Waals surface area (Å²) >= 11 is 5.26. The van der Waals surface area contributed by atoms with Crippen LogP contribution in [0.2, 0.25) is 0 Å². The number of rotatable bonds is 20. The Hall–Kier alpha value is -7.23. The number of benzene rings is 7. The van der Waals surface area contributed by atoms with Crippen molar-refractivity contribution in [3.05, 3.63) is 201 Å². The summed E-state index contributed by atoms with van der Waals surface area (Å²) in [5.41, 5.74) is 23.6. The third-order valence-corrected chi connectivity index (χ3v) is 19.5. The van der Waals surface area contributed by atoms with Crippen molar-refractivity contribution in [3.8, 4) is 65.4 Å². The predicted molar refractivity (Wildman–Crippen MR) is 339 cm³/mol. The number of aryl methyl sites for hydroxylation is 4. The second-order valence-electron chi connectivity index (χ2n) is 21.9. The average molecular weight is 1090 g/mol. The summed E-state index contributed by atoms with van der Waals surface area (Å²) in [6.45, 7) is 14.9. The van der Waals surface area contributed by atoms with E-state index in [9.17, 15) is 9.90 Å². The molecule has 11 rings (SSSR count). The minimum Gasteiger partial charge on any atom is -0.478 e. The minimum atomic E-state index is -0.895. The lowest BCUT2D eigenvalue weighted by molar-refractivity contribution is -0.132. The summed E-state index contributed by atoms with van der Waals surface area (Å²) < 4.78 is 10.1. The summed E-state index contributed by atoms with van der Waals surface area (Å²) in [4.78, 5) is 19.5. The lowest BCUT2D eigenvalue weighted by atomic mass is 9.77. The molecular weight excluding hydrogens is 1020 g/mol. The largest absolute Gasteiger partial charge is 0.478 e. The first-order valence-corrected chi connectivity index (χ1v) is 30.6. The van der Waals surface area contributed by atoms with Crippen LogP contribution in [0.4, 0.5) is 17.1 Å². The summed E-state index contributed by atoms with van der Waals surface area (Å²) in [6, 6.07) is 58.2. The molecule has 0 aliphatic heterocycles. The van der Waals surface area contributed by atoms with Crippen molar-refractivity contribution in [2.24, 2.45) is 0 Å². The standard InChI is InChI=1S/C71H69N3O2S3/c1-8-10-12-14-38-71(39-15-13-11-9-2)68-62(43-64(77-68)54-20-18-50(19-21-54)42-49(7)70(75)76)63-44-65(78-69(63)71)61-37-36-60(66-67(61)73-79-72-66)53-26-32-57(33-27-53)74(55-28-22-51(23-29-55)58-34-16-45(3)40-47(58)5)56-30-24-52(25-31-56)59-35-17-46(4)41-48(59)6/h16-37,40-44H,8-15,38-39H2,1-7H3,(H,75,76)/b49-42+. The Balaban J connectivity index is 0.945. The molecule has 10 aromatic rings. The Bertz CT molecular complexity index is 3730. The van der Waals surface area contributed by atoms with Crippen molar-refractivity contribution in [2.45, 2.75) is 118 Å². The third kappa shape index (κ3) is 10.8. The second-order valence-corrected chi connectivity index (χ2v) is 24.5. The van der Waals surface area contributed by atoms with Crippen molar-refractivity contribution in [1.29, 1.82) is 0 Å². The fourth-order valence-electron chi connectivity index (χ4n) is 12.0. The van der Waals surface area contributed by atoms with Crippen LogP contribution in [0.15, 0.2) is 163 Å². The lowest BCUT2D eigenvalue weighted by Gasteiger charge is -2.30. The highest BCUT2D eigenvalue weighted by Gasteiger charge is 2.46. The van der Waals surface area contributed by atoms with Gasteiger partial charge in [-0.25, -0.2) is 4.79 Å². The highest BCUT2D eigenvalue weighted by molar-refractivity contribution is 7.18. The second kappa shape index (κ2) is 23.2. The molecule has 5 nitrogen and oxygen atoms in total. The number of anilines is 3. The molecule has 0 saturated carbocycles. The van der Waals surface area contributed by atoms with Crippen molar-refractivity contribution >= 4 is 74.5 Å². The smallest absolute Gasteiger partial charge is 0.331 e. The number of fused-ring (bicyclic) bond motifs is 4. The van der Waals surface area contributed by atoms with E-state index in [4.69, 9.17) is 8.75 Å². The van der Waals surface area contributed by atoms with Crippen LogP contribution in [0.1, 0.15) is 123 Å². The Morgan fingerprint density at radius 2 is 0.924 bits per heavy atom. The number of aromatic nitrogens is 2. The van der Waals surface area contributed by atoms with Crippen molar-refractivity contribution in [3.63, 3.8) is 0 Å². The van der Waals surface area contributed by atoms with E-state index >= 15 is 0 Å². The highest BCUT2D eigenvalue weighted by atomic mass is 32.1. The number of carbonyl (C=O) groups is 1. The molecule has 0 atom stereocenters. The van der Waals surface area contributed by atoms with E-state index in [0.29, 0.717) is 5.57 Å². The normalized spacial score (nSPS) is 12.8. The van der Waals surface area contributed by atoms with Crippen LogP contribution in [0.5, 0.6) is 0 Å². The van der Waals surface area contributed by atoms with E-state index in [1.807, 2.05) is 34.8 Å². The van der Waals surface area contributed by atoms with Gasteiger partial charge in [0.05, 0.1) is 11.7 Å². The average Bonchev–Trinajstić information content (AvgIpc) is 3.59. The molecule has 398 valence electrons. The molecule has 0 unspecified atom stereocenters. The minimum absolute atomic E-state index is 0.0430. The molecule has 3 aromatic heterocycles. The number of nitrogens with zero attached hydrogens (tertiary/aromatic N) is 3. The van der Waals surface area contributed by atoms with Crippen LogP contribution in [-0.4, -0.2) is 19.8 Å². The van der Waals surface area contributed by atoms with E-state index in [1.54, 1.807) is 13.0 Å². The van der Waals surface area contributed by atoms with Crippen LogP contribution in [-0.2, 0) is 10.2 Å². The molecule has 0 spiro atoms. The monoisotopic (exact) mass is 1090 g/mol. The number of unbranched alkanes of at least 4 members (excludes halogenated alkanes) is 6. The maximum atomic E-state index is 11.6. The van der Waals surface area contributed by atoms with E-state index in [0.717, 1.165) is 63.2 Å². The van der Waals surface area contributed by atoms with Gasteiger partial charge in [0.25, 0.3) is 0 Å². The van der Waals surface area contributed by atoms with Crippen LogP contribution in [0.3, 0.4) is 0 Å². The first-order valence-electron chi connectivity index (χ1n) is 28.3. The van der Waals surface area contributed by atoms with Crippen LogP contribution in [0.25, 0.3) is 82.5 Å². The summed E-state index contributed by atoms with van der Waals surface area (Å²) in [7, 11) is 0. The van der Waals surface area contributed by atoms with E-state index in [-0.39, 0.29) is 5.41 Å². The predicted octanol–water partition coefficient (Wildman–Crippen LogP) is 21.5. The number of hydrogen-bond donors (Lipinski definition) is 1. The first-order chi connectivity index (χ1) is 38.4. The van der Waals surface area contributed by atoms with Gasteiger partial charge in [-0.05, 0) is 163 Å². The molecule has 1 aliphatic carbocycles. The van der Waals surface area contributed by atoms with Crippen LogP contribution in [0, 0.1) is 27.7 Å². The molecule has 1 aliphatic rings. The molecule has 0 bridgehead atoms. The lowest BCUT2D eigenvalue weighted by Crippen LogP contribution is -2.23. The zero-order valence-electron chi connectivity index (χ0n) is 46.6. The molecular formula is C71H69N3O2S3. The molecule has 0 saturated heterocycles. The summed E-state index contributed by atoms with van der Waals surface area (Å²) in [6.07, 6.45) is 13.9. The highest BCUT2D eigenvalue weighted by Crippen LogP contribution is 2.62. The maximum Gasteiger partial charge on any atom is 0.331 e. The van der Waals surface area contributed by atoms with Gasteiger partial charge in [0.2, 0.25) is 0 Å². The maximum absolute atomic E-state index is 11.6. The fourth-order valence-corrected chi connectivity index (χ4v) is 15.5. The molecule has 3 heterocycles. The molecule has 1 N–H and O–H groups in total. The Kier molecular flexibility index (Phi) is 15.8. The Morgan fingerprint density at radius 1 is 0.494 bits per heavy atom. The van der Waals surface area contributed by atoms with Gasteiger partial charge in [0, 0.05) is 58.7 Å². The quantitative estimate of drug-likeness (QED) is 0.0608. The van der Waals surface area contributed by atoms with E-state index in [2.05, 4.69) is 192 Å². The van der Waals surface area contributed by atoms with Gasteiger partial charge in [-0.2, -0.15) is 8.75 Å². The number of carboxylic acids is 1. The number of aliphatic carboxylic acids is 1. The Labute approximate surface area is 479 Å². The molecule has 8 heteroatoms. The molecule has 0 amide bonds. The number of thiophene rings is 2. The van der Waals surface area contributed by atoms with E-state index in [1.165, 1.54) is 144 Å². The van der Waals surface area contributed by atoms with Gasteiger partial charge in [-0.15, -0.1) is 22.7 Å². The van der Waals surface area contributed by atoms with Gasteiger partial charge in [0.15, 0.2) is 0 Å². The molecule has 7 aromatic carbocycles. The Morgan fingerprint density at radius 3 is 1.41 bits per heavy atom. The van der Waals surface area contributed by atoms with Gasteiger partial charge < -0.3 is 10.0 Å². The van der Waals surface area contributed by atoms with Crippen molar-refractivity contribution in [2.75, 3.05) is 4.90 Å². The van der Waals surface area contributed by atoms with Gasteiger partial charge in [-0.3, -0.25) is 0 Å². The van der Waals surface area contributed by atoms with Crippen LogP contribution >= 0.6 is 34.4 Å². The van der Waals surface area contributed by atoms with Gasteiger partial charge >= 0.3 is 5.97 Å². The molecule has 0 radical (unpaired) electrons. The molecule has 79 heavy (non-hydrogen) atoms. The zero-order chi connectivity index (χ0) is 54.8. The van der Waals surface area contributed by atoms with Crippen molar-refractivity contribution < 1.29 is 9.90 Å². The summed E-state index contributed by atoms with van der Waals surface area (Å²) in [5, 5.41) is 9.52. The van der Waals surface area contributed by atoms with E-state index < -0.39 is 5.97 Å².